The maximum absolute atomic E-state index is 6.48. The van der Waals surface area contributed by atoms with E-state index >= 15 is 0 Å². The Morgan fingerprint density at radius 2 is 1.87 bits per heavy atom. The zero-order valence-electron chi connectivity index (χ0n) is 10.2. The maximum atomic E-state index is 6.48. The predicted octanol–water partition coefficient (Wildman–Crippen LogP) is 2.85. The van der Waals surface area contributed by atoms with Crippen molar-refractivity contribution in [3.8, 4) is 0 Å². The Morgan fingerprint density at radius 1 is 1.20 bits per heavy atom. The first-order valence-corrected chi connectivity index (χ1v) is 6.40. The summed E-state index contributed by atoms with van der Waals surface area (Å²) in [4.78, 5) is 0. The Kier molecular flexibility index (Phi) is 3.09. The van der Waals surface area contributed by atoms with Crippen LogP contribution in [0.1, 0.15) is 58.8 Å². The molecule has 2 heteroatoms. The summed E-state index contributed by atoms with van der Waals surface area (Å²) in [6.45, 7) is 5.67. The van der Waals surface area contributed by atoms with Gasteiger partial charge in [0.25, 0.3) is 0 Å². The van der Waals surface area contributed by atoms with Crippen LogP contribution in [0.4, 0.5) is 0 Å². The van der Waals surface area contributed by atoms with Crippen molar-refractivity contribution in [2.45, 2.75) is 70.4 Å². The molecule has 2 fully saturated rings. The zero-order chi connectivity index (χ0) is 10.9. The van der Waals surface area contributed by atoms with Gasteiger partial charge in [-0.15, -0.1) is 0 Å². The van der Waals surface area contributed by atoms with Crippen LogP contribution in [0.25, 0.3) is 0 Å². The number of ether oxygens (including phenoxy) is 1. The van der Waals surface area contributed by atoms with E-state index < -0.39 is 0 Å². The minimum absolute atomic E-state index is 0.0739. The summed E-state index contributed by atoms with van der Waals surface area (Å²) in [6.07, 6.45) is 8.90. The number of hydrogen-bond donors (Lipinski definition) is 1. The molecule has 0 radical (unpaired) electrons. The third-order valence-electron chi connectivity index (χ3n) is 4.26. The summed E-state index contributed by atoms with van der Waals surface area (Å²) < 4.78 is 5.69. The van der Waals surface area contributed by atoms with Gasteiger partial charge in [0.05, 0.1) is 6.10 Å². The molecule has 0 aromatic carbocycles. The van der Waals surface area contributed by atoms with E-state index in [0.717, 1.165) is 13.0 Å². The fourth-order valence-corrected chi connectivity index (χ4v) is 2.89. The highest BCUT2D eigenvalue weighted by Crippen LogP contribution is 2.41. The van der Waals surface area contributed by atoms with E-state index in [1.807, 2.05) is 0 Å². The number of rotatable bonds is 2. The van der Waals surface area contributed by atoms with E-state index in [1.165, 1.54) is 38.5 Å². The topological polar surface area (TPSA) is 35.2 Å². The maximum Gasteiger partial charge on any atom is 0.0593 e. The third kappa shape index (κ3) is 2.94. The largest absolute Gasteiger partial charge is 0.378 e. The van der Waals surface area contributed by atoms with E-state index in [2.05, 4.69) is 13.8 Å². The Labute approximate surface area is 93.6 Å². The Hall–Kier alpha value is -0.0800. The number of nitrogens with two attached hydrogens (primary N) is 1. The highest BCUT2D eigenvalue weighted by molar-refractivity contribution is 4.94. The molecule has 1 unspecified atom stereocenters. The van der Waals surface area contributed by atoms with Gasteiger partial charge in [0, 0.05) is 12.1 Å². The van der Waals surface area contributed by atoms with E-state index in [1.54, 1.807) is 0 Å². The zero-order valence-corrected chi connectivity index (χ0v) is 10.2. The fraction of sp³-hybridized carbons (Fsp3) is 1.00. The van der Waals surface area contributed by atoms with Crippen LogP contribution in [0.2, 0.25) is 0 Å². The highest BCUT2D eigenvalue weighted by atomic mass is 16.5. The van der Waals surface area contributed by atoms with Crippen molar-refractivity contribution in [2.75, 3.05) is 6.61 Å². The molecule has 2 nitrogen and oxygen atoms in total. The molecule has 1 aliphatic heterocycles. The summed E-state index contributed by atoms with van der Waals surface area (Å²) in [6, 6.07) is 0. The molecule has 1 atom stereocenters. The van der Waals surface area contributed by atoms with Gasteiger partial charge in [-0.25, -0.2) is 0 Å². The molecule has 0 spiro atoms. The Bertz CT molecular complexity index is 209. The van der Waals surface area contributed by atoms with E-state index in [9.17, 15) is 0 Å². The van der Waals surface area contributed by atoms with E-state index in [-0.39, 0.29) is 5.54 Å². The average molecular weight is 211 g/mol. The number of hydrogen-bond acceptors (Lipinski definition) is 2. The van der Waals surface area contributed by atoms with Crippen LogP contribution < -0.4 is 5.73 Å². The second-order valence-electron chi connectivity index (χ2n) is 6.37. The highest BCUT2D eigenvalue weighted by Gasteiger charge is 2.37. The second-order valence-corrected chi connectivity index (χ2v) is 6.37. The molecule has 1 heterocycles. The first-order chi connectivity index (χ1) is 6.99. The summed E-state index contributed by atoms with van der Waals surface area (Å²) in [7, 11) is 0. The monoisotopic (exact) mass is 211 g/mol. The van der Waals surface area contributed by atoms with E-state index in [0.29, 0.717) is 11.5 Å². The Balaban J connectivity index is 1.85. The minimum atomic E-state index is 0.0739. The standard InChI is InChI=1S/C13H25NO/c1-12(2)5-7-13(14,8-6-12)10-11-4-3-9-15-11/h11H,3-10,14H2,1-2H3. The lowest BCUT2D eigenvalue weighted by Crippen LogP contribution is -2.47. The van der Waals surface area contributed by atoms with Crippen molar-refractivity contribution >= 4 is 0 Å². The summed E-state index contributed by atoms with van der Waals surface area (Å²) in [5.74, 6) is 0. The molecule has 2 aliphatic rings. The van der Waals surface area contributed by atoms with E-state index in [4.69, 9.17) is 10.5 Å². The van der Waals surface area contributed by atoms with Crippen molar-refractivity contribution in [3.63, 3.8) is 0 Å². The lowest BCUT2D eigenvalue weighted by atomic mass is 9.68. The lowest BCUT2D eigenvalue weighted by Gasteiger charge is -2.42. The van der Waals surface area contributed by atoms with Gasteiger partial charge in [0.2, 0.25) is 0 Å². The quantitative estimate of drug-likeness (QED) is 0.762. The molecule has 2 N–H and O–H groups in total. The van der Waals surface area contributed by atoms with Crippen LogP contribution in [0.3, 0.4) is 0 Å². The molecular weight excluding hydrogens is 186 g/mol. The van der Waals surface area contributed by atoms with Crippen molar-refractivity contribution in [2.24, 2.45) is 11.1 Å². The van der Waals surface area contributed by atoms with Crippen molar-refractivity contribution < 1.29 is 4.74 Å². The van der Waals surface area contributed by atoms with Gasteiger partial charge in [0.15, 0.2) is 0 Å². The van der Waals surface area contributed by atoms with Gasteiger partial charge in [-0.2, -0.15) is 0 Å². The molecule has 0 aromatic rings. The molecule has 0 aromatic heterocycles. The van der Waals surface area contributed by atoms with Gasteiger partial charge in [-0.05, 0) is 50.4 Å². The summed E-state index contributed by atoms with van der Waals surface area (Å²) in [5.41, 5.74) is 7.07. The predicted molar refractivity (Wildman–Crippen MR) is 62.8 cm³/mol. The van der Waals surface area contributed by atoms with Crippen molar-refractivity contribution in [3.05, 3.63) is 0 Å². The Morgan fingerprint density at radius 3 is 2.40 bits per heavy atom. The minimum Gasteiger partial charge on any atom is -0.378 e. The first kappa shape index (κ1) is 11.4. The summed E-state index contributed by atoms with van der Waals surface area (Å²) in [5, 5.41) is 0. The molecule has 0 amide bonds. The van der Waals surface area contributed by atoms with Gasteiger partial charge >= 0.3 is 0 Å². The molecule has 0 bridgehead atoms. The van der Waals surface area contributed by atoms with Crippen LogP contribution >= 0.6 is 0 Å². The molecule has 15 heavy (non-hydrogen) atoms. The lowest BCUT2D eigenvalue weighted by molar-refractivity contribution is 0.0603. The van der Waals surface area contributed by atoms with Crippen molar-refractivity contribution in [1.29, 1.82) is 0 Å². The molecule has 1 saturated heterocycles. The molecule has 2 rings (SSSR count). The summed E-state index contributed by atoms with van der Waals surface area (Å²) >= 11 is 0. The second kappa shape index (κ2) is 4.06. The average Bonchev–Trinajstić information content (AvgIpc) is 2.64. The normalized spacial score (nSPS) is 34.2. The van der Waals surface area contributed by atoms with Crippen molar-refractivity contribution in [1.82, 2.24) is 0 Å². The van der Waals surface area contributed by atoms with Crippen LogP contribution in [0.15, 0.2) is 0 Å². The van der Waals surface area contributed by atoms with Gasteiger partial charge in [-0.1, -0.05) is 13.8 Å². The first-order valence-electron chi connectivity index (χ1n) is 6.40. The third-order valence-corrected chi connectivity index (χ3v) is 4.26. The van der Waals surface area contributed by atoms with Gasteiger partial charge < -0.3 is 10.5 Å². The molecule has 88 valence electrons. The van der Waals surface area contributed by atoms with Gasteiger partial charge in [-0.3, -0.25) is 0 Å². The SMILES string of the molecule is CC1(C)CCC(N)(CC2CCCO2)CC1. The van der Waals surface area contributed by atoms with Crippen LogP contribution in [0.5, 0.6) is 0 Å². The fourth-order valence-electron chi connectivity index (χ4n) is 2.89. The smallest absolute Gasteiger partial charge is 0.0593 e. The van der Waals surface area contributed by atoms with Crippen LogP contribution in [0, 0.1) is 5.41 Å². The molecule has 1 saturated carbocycles. The molecular formula is C13H25NO. The van der Waals surface area contributed by atoms with Crippen LogP contribution in [-0.4, -0.2) is 18.2 Å². The van der Waals surface area contributed by atoms with Crippen LogP contribution in [-0.2, 0) is 4.74 Å². The molecule has 1 aliphatic carbocycles. The van der Waals surface area contributed by atoms with Gasteiger partial charge in [0.1, 0.15) is 0 Å².